The summed E-state index contributed by atoms with van der Waals surface area (Å²) in [5.41, 5.74) is 3.25. The maximum absolute atomic E-state index is 13.0. The van der Waals surface area contributed by atoms with Crippen LogP contribution in [0, 0.1) is 0 Å². The molecule has 2 aromatic rings. The van der Waals surface area contributed by atoms with Crippen LogP contribution < -0.4 is 0 Å². The Labute approximate surface area is 148 Å². The lowest BCUT2D eigenvalue weighted by atomic mass is 9.98. The highest BCUT2D eigenvalue weighted by atomic mass is 19.1. The van der Waals surface area contributed by atoms with Gasteiger partial charge in [0, 0.05) is 24.4 Å². The lowest BCUT2D eigenvalue weighted by Gasteiger charge is -2.20. The average molecular weight is 340 g/mol. The summed E-state index contributed by atoms with van der Waals surface area (Å²) in [6.45, 7) is 5.21. The molecule has 1 saturated heterocycles. The molecule has 2 aromatic heterocycles. The van der Waals surface area contributed by atoms with Gasteiger partial charge in [-0.2, -0.15) is 4.39 Å². The third-order valence-corrected chi connectivity index (χ3v) is 5.44. The highest BCUT2D eigenvalue weighted by molar-refractivity contribution is 5.87. The number of rotatable bonds is 5. The SMILES string of the molecule is C[C@@H]1CCCN1CCCc1cn2ccc(C3C=CC(F)=NC3)cc2n1. The molecule has 2 atom stereocenters. The Balaban J connectivity index is 1.41. The van der Waals surface area contributed by atoms with E-state index in [2.05, 4.69) is 39.5 Å². The first-order chi connectivity index (χ1) is 12.2. The van der Waals surface area contributed by atoms with Crippen molar-refractivity contribution in [1.82, 2.24) is 14.3 Å². The van der Waals surface area contributed by atoms with E-state index in [1.54, 1.807) is 0 Å². The molecule has 1 unspecified atom stereocenters. The maximum atomic E-state index is 13.0. The molecule has 0 radical (unpaired) electrons. The first-order valence-electron chi connectivity index (χ1n) is 9.29. The number of halogens is 1. The van der Waals surface area contributed by atoms with E-state index < -0.39 is 0 Å². The topological polar surface area (TPSA) is 32.9 Å². The van der Waals surface area contributed by atoms with Gasteiger partial charge >= 0.3 is 0 Å². The van der Waals surface area contributed by atoms with Crippen LogP contribution in [0.15, 0.2) is 41.7 Å². The van der Waals surface area contributed by atoms with Crippen molar-refractivity contribution in [2.75, 3.05) is 19.6 Å². The zero-order valence-corrected chi connectivity index (χ0v) is 14.7. The minimum absolute atomic E-state index is 0.140. The van der Waals surface area contributed by atoms with Crippen LogP contribution >= 0.6 is 0 Å². The van der Waals surface area contributed by atoms with Crippen molar-refractivity contribution >= 4 is 11.6 Å². The van der Waals surface area contributed by atoms with Crippen molar-refractivity contribution in [2.24, 2.45) is 4.99 Å². The zero-order chi connectivity index (χ0) is 17.2. The normalized spacial score (nSPS) is 24.2. The van der Waals surface area contributed by atoms with Crippen molar-refractivity contribution in [2.45, 2.75) is 44.6 Å². The molecule has 0 N–H and O–H groups in total. The Morgan fingerprint density at radius 3 is 3.04 bits per heavy atom. The van der Waals surface area contributed by atoms with E-state index in [4.69, 9.17) is 4.98 Å². The number of dihydropyridines is 1. The molecule has 0 aromatic carbocycles. The van der Waals surface area contributed by atoms with E-state index in [0.29, 0.717) is 6.54 Å². The second-order valence-electron chi connectivity index (χ2n) is 7.22. The molecule has 0 bridgehead atoms. The second kappa shape index (κ2) is 7.08. The number of hydrogen-bond acceptors (Lipinski definition) is 3. The summed E-state index contributed by atoms with van der Waals surface area (Å²) in [5, 5.41) is 0. The lowest BCUT2D eigenvalue weighted by Crippen LogP contribution is -2.28. The summed E-state index contributed by atoms with van der Waals surface area (Å²) in [7, 11) is 0. The molecule has 0 saturated carbocycles. The average Bonchev–Trinajstić information content (AvgIpc) is 3.21. The van der Waals surface area contributed by atoms with Crippen molar-refractivity contribution in [1.29, 1.82) is 0 Å². The number of imidazole rings is 1. The number of aliphatic imine (C=N–C) groups is 1. The van der Waals surface area contributed by atoms with Gasteiger partial charge in [-0.05, 0) is 69.5 Å². The largest absolute Gasteiger partial charge is 0.307 e. The van der Waals surface area contributed by atoms with Gasteiger partial charge in [0.1, 0.15) is 5.65 Å². The number of allylic oxidation sites excluding steroid dienone is 1. The van der Waals surface area contributed by atoms with E-state index in [1.807, 2.05) is 12.3 Å². The molecule has 0 amide bonds. The van der Waals surface area contributed by atoms with E-state index >= 15 is 0 Å². The van der Waals surface area contributed by atoms with Crippen LogP contribution in [-0.2, 0) is 6.42 Å². The van der Waals surface area contributed by atoms with Crippen molar-refractivity contribution in [3.05, 3.63) is 47.9 Å². The smallest absolute Gasteiger partial charge is 0.208 e. The van der Waals surface area contributed by atoms with Gasteiger partial charge < -0.3 is 9.30 Å². The van der Waals surface area contributed by atoms with E-state index in [9.17, 15) is 4.39 Å². The predicted molar refractivity (Wildman–Crippen MR) is 99.1 cm³/mol. The first-order valence-corrected chi connectivity index (χ1v) is 9.29. The van der Waals surface area contributed by atoms with Crippen molar-refractivity contribution in [3.63, 3.8) is 0 Å². The Bertz CT molecular complexity index is 807. The maximum Gasteiger partial charge on any atom is 0.208 e. The van der Waals surface area contributed by atoms with Gasteiger partial charge in [0.15, 0.2) is 0 Å². The standard InChI is InChI=1S/C20H25FN4/c1-15-4-2-9-24(15)10-3-5-18-14-25-11-8-16(12-20(25)23-18)17-6-7-19(21)22-13-17/h6-8,11-12,14-15,17H,2-5,9-10,13H2,1H3/t15-,17?/m1/s1. The van der Waals surface area contributed by atoms with Crippen LogP contribution in [0.2, 0.25) is 0 Å². The van der Waals surface area contributed by atoms with Crippen molar-refractivity contribution < 1.29 is 4.39 Å². The zero-order valence-electron chi connectivity index (χ0n) is 14.7. The third kappa shape index (κ3) is 3.66. The van der Waals surface area contributed by atoms with Gasteiger partial charge in [0.05, 0.1) is 12.2 Å². The molecule has 1 fully saturated rings. The van der Waals surface area contributed by atoms with Crippen LogP contribution in [0.25, 0.3) is 5.65 Å². The number of nitrogens with zero attached hydrogens (tertiary/aromatic N) is 4. The summed E-state index contributed by atoms with van der Waals surface area (Å²) in [6, 6.07) is 4.91. The Morgan fingerprint density at radius 2 is 2.28 bits per heavy atom. The van der Waals surface area contributed by atoms with Gasteiger partial charge in [-0.15, -0.1) is 0 Å². The highest BCUT2D eigenvalue weighted by Gasteiger charge is 2.19. The third-order valence-electron chi connectivity index (χ3n) is 5.44. The highest BCUT2D eigenvalue weighted by Crippen LogP contribution is 2.23. The summed E-state index contributed by atoms with van der Waals surface area (Å²) in [4.78, 5) is 11.3. The van der Waals surface area contributed by atoms with Gasteiger partial charge in [0.2, 0.25) is 5.97 Å². The summed E-state index contributed by atoms with van der Waals surface area (Å²) < 4.78 is 15.1. The van der Waals surface area contributed by atoms with E-state index in [-0.39, 0.29) is 11.9 Å². The molecule has 4 rings (SSSR count). The monoisotopic (exact) mass is 340 g/mol. The van der Waals surface area contributed by atoms with Crippen LogP contribution in [0.5, 0.6) is 0 Å². The molecular formula is C20H25FN4. The summed E-state index contributed by atoms with van der Waals surface area (Å²) >= 11 is 0. The number of aryl methyl sites for hydroxylation is 1. The molecule has 0 aliphatic carbocycles. The molecule has 0 spiro atoms. The van der Waals surface area contributed by atoms with E-state index in [0.717, 1.165) is 42.3 Å². The molecule has 132 valence electrons. The molecule has 5 heteroatoms. The van der Waals surface area contributed by atoms with Gasteiger partial charge in [-0.3, -0.25) is 4.99 Å². The molecular weight excluding hydrogens is 315 g/mol. The Morgan fingerprint density at radius 1 is 1.36 bits per heavy atom. The number of fused-ring (bicyclic) bond motifs is 1. The van der Waals surface area contributed by atoms with Crippen molar-refractivity contribution in [3.8, 4) is 0 Å². The fourth-order valence-corrected chi connectivity index (χ4v) is 3.90. The number of hydrogen-bond donors (Lipinski definition) is 0. The second-order valence-corrected chi connectivity index (χ2v) is 7.22. The summed E-state index contributed by atoms with van der Waals surface area (Å²) in [6.07, 6.45) is 12.3. The Hall–Kier alpha value is -2.01. The minimum Gasteiger partial charge on any atom is -0.307 e. The van der Waals surface area contributed by atoms with Crippen LogP contribution in [0.3, 0.4) is 0 Å². The minimum atomic E-state index is -0.382. The predicted octanol–water partition coefficient (Wildman–Crippen LogP) is 3.77. The van der Waals surface area contributed by atoms with Crippen LogP contribution in [0.1, 0.15) is 43.4 Å². The Kier molecular flexibility index (Phi) is 4.66. The van der Waals surface area contributed by atoms with E-state index in [1.165, 1.54) is 25.5 Å². The lowest BCUT2D eigenvalue weighted by molar-refractivity contribution is 0.265. The van der Waals surface area contributed by atoms with Gasteiger partial charge in [-0.25, -0.2) is 4.98 Å². The first kappa shape index (κ1) is 16.5. The molecule has 4 heterocycles. The quantitative estimate of drug-likeness (QED) is 0.830. The summed E-state index contributed by atoms with van der Waals surface area (Å²) in [5.74, 6) is -0.242. The molecule has 4 nitrogen and oxygen atoms in total. The molecule has 2 aliphatic heterocycles. The van der Waals surface area contributed by atoms with Gasteiger partial charge in [-0.1, -0.05) is 6.08 Å². The molecule has 25 heavy (non-hydrogen) atoms. The number of aromatic nitrogens is 2. The van der Waals surface area contributed by atoms with Gasteiger partial charge in [0.25, 0.3) is 0 Å². The fraction of sp³-hybridized carbons (Fsp3) is 0.500. The molecule has 2 aliphatic rings. The number of likely N-dealkylation sites (tertiary alicyclic amines) is 1. The van der Waals surface area contributed by atoms with Crippen LogP contribution in [0.4, 0.5) is 4.39 Å². The number of pyridine rings is 1. The fourth-order valence-electron chi connectivity index (χ4n) is 3.90. The van der Waals surface area contributed by atoms with Crippen LogP contribution in [-0.4, -0.2) is 45.9 Å².